The molecule has 1 aromatic heterocycles. The van der Waals surface area contributed by atoms with Crippen LogP contribution in [-0.2, 0) is 0 Å². The molecule has 0 amide bonds. The van der Waals surface area contributed by atoms with Crippen LogP contribution in [0.5, 0.6) is 0 Å². The first-order valence-corrected chi connectivity index (χ1v) is 9.15. The number of fused-ring (bicyclic) bond motifs is 1. The highest BCUT2D eigenvalue weighted by atomic mass is 79.9. The molecule has 2 heterocycles. The molecule has 0 radical (unpaired) electrons. The van der Waals surface area contributed by atoms with E-state index < -0.39 is 0 Å². The number of benzene rings is 2. The number of allylic oxidation sites excluding steroid dienone is 1. The van der Waals surface area contributed by atoms with Gasteiger partial charge in [0.05, 0.1) is 0 Å². The number of nitrogens with zero attached hydrogens (tertiary/aromatic N) is 3. The van der Waals surface area contributed by atoms with E-state index in [2.05, 4.69) is 99.8 Å². The maximum Gasteiger partial charge on any atom is 0.226 e. The monoisotopic (exact) mass is 394 g/mol. The van der Waals surface area contributed by atoms with E-state index in [1.807, 2.05) is 4.68 Å². The number of nitrogens with one attached hydrogen (secondary N) is 1. The van der Waals surface area contributed by atoms with Gasteiger partial charge in [-0.05, 0) is 40.8 Å². The van der Waals surface area contributed by atoms with Gasteiger partial charge in [-0.15, -0.1) is 0 Å². The quantitative estimate of drug-likeness (QED) is 0.661. The summed E-state index contributed by atoms with van der Waals surface area (Å²) in [7, 11) is 0. The minimum Gasteiger partial charge on any atom is -0.324 e. The average Bonchev–Trinajstić information content (AvgIpc) is 3.10. The molecule has 4 rings (SSSR count). The van der Waals surface area contributed by atoms with E-state index in [9.17, 15) is 0 Å². The van der Waals surface area contributed by atoms with Crippen LogP contribution in [0.3, 0.4) is 0 Å². The van der Waals surface area contributed by atoms with E-state index in [0.29, 0.717) is 5.92 Å². The first-order chi connectivity index (χ1) is 12.1. The molecule has 0 saturated carbocycles. The first-order valence-electron chi connectivity index (χ1n) is 8.36. The average molecular weight is 395 g/mol. The molecule has 0 spiro atoms. The summed E-state index contributed by atoms with van der Waals surface area (Å²) in [5, 5.41) is 7.78. The summed E-state index contributed by atoms with van der Waals surface area (Å²) < 4.78 is 2.98. The maximum absolute atomic E-state index is 4.39. The molecule has 0 aliphatic carbocycles. The van der Waals surface area contributed by atoms with E-state index in [-0.39, 0.29) is 6.04 Å². The molecular formula is C20H19BrN4. The maximum atomic E-state index is 4.39. The second-order valence-corrected chi connectivity index (χ2v) is 7.42. The minimum absolute atomic E-state index is 0.0200. The van der Waals surface area contributed by atoms with E-state index in [0.717, 1.165) is 21.7 Å². The molecule has 4 nitrogen and oxygen atoms in total. The number of hydrogen-bond donors (Lipinski definition) is 1. The summed E-state index contributed by atoms with van der Waals surface area (Å²) in [5.74, 6) is 1.29. The van der Waals surface area contributed by atoms with Crippen molar-refractivity contribution in [3.63, 3.8) is 0 Å². The molecule has 5 heteroatoms. The van der Waals surface area contributed by atoms with Gasteiger partial charge in [-0.1, -0.05) is 66.2 Å². The van der Waals surface area contributed by atoms with Gasteiger partial charge in [-0.25, -0.2) is 4.68 Å². The van der Waals surface area contributed by atoms with Gasteiger partial charge in [0.25, 0.3) is 0 Å². The van der Waals surface area contributed by atoms with Gasteiger partial charge in [-0.2, -0.15) is 10.1 Å². The van der Waals surface area contributed by atoms with Crippen LogP contribution in [0.1, 0.15) is 42.5 Å². The summed E-state index contributed by atoms with van der Waals surface area (Å²) >= 11 is 3.50. The predicted molar refractivity (Wildman–Crippen MR) is 104 cm³/mol. The summed E-state index contributed by atoms with van der Waals surface area (Å²) in [6.45, 7) is 4.42. The second kappa shape index (κ2) is 6.48. The van der Waals surface area contributed by atoms with Crippen molar-refractivity contribution in [3.8, 4) is 0 Å². The normalized spacial score (nSPS) is 16.3. The van der Waals surface area contributed by atoms with Crippen molar-refractivity contribution in [2.75, 3.05) is 5.32 Å². The predicted octanol–water partition coefficient (Wildman–Crippen LogP) is 5.22. The van der Waals surface area contributed by atoms with Gasteiger partial charge in [0.2, 0.25) is 5.95 Å². The molecular weight excluding hydrogens is 376 g/mol. The Balaban J connectivity index is 1.74. The number of anilines is 1. The Morgan fingerprint density at radius 2 is 1.76 bits per heavy atom. The smallest absolute Gasteiger partial charge is 0.226 e. The Morgan fingerprint density at radius 1 is 1.04 bits per heavy atom. The molecule has 0 unspecified atom stereocenters. The Kier molecular flexibility index (Phi) is 4.17. The largest absolute Gasteiger partial charge is 0.324 e. The molecule has 1 N–H and O–H groups in total. The zero-order chi connectivity index (χ0) is 17.4. The number of rotatable bonds is 3. The lowest BCUT2D eigenvalue weighted by Gasteiger charge is -2.24. The van der Waals surface area contributed by atoms with Crippen molar-refractivity contribution in [1.82, 2.24) is 14.8 Å². The van der Waals surface area contributed by atoms with Gasteiger partial charge >= 0.3 is 0 Å². The lowest BCUT2D eigenvalue weighted by atomic mass is 9.98. The standard InChI is InChI=1S/C20H19BrN4/c1-13(2)14-3-5-15(6-4-14)18-11-19(16-7-9-17(21)10-8-16)25-20(24-18)22-12-23-25/h3-13,19H,1-2H3,(H,22,23,24)/t19-/m1/s1. The molecule has 1 atom stereocenters. The van der Waals surface area contributed by atoms with E-state index in [4.69, 9.17) is 0 Å². The summed E-state index contributed by atoms with van der Waals surface area (Å²) in [5.41, 5.74) is 4.73. The Morgan fingerprint density at radius 3 is 2.44 bits per heavy atom. The van der Waals surface area contributed by atoms with Crippen LogP contribution >= 0.6 is 15.9 Å². The fraction of sp³-hybridized carbons (Fsp3) is 0.200. The Hall–Kier alpha value is -2.40. The van der Waals surface area contributed by atoms with Crippen molar-refractivity contribution in [1.29, 1.82) is 0 Å². The molecule has 1 aliphatic heterocycles. The highest BCUT2D eigenvalue weighted by Gasteiger charge is 2.23. The third-order valence-electron chi connectivity index (χ3n) is 4.51. The number of hydrogen-bond acceptors (Lipinski definition) is 3. The topological polar surface area (TPSA) is 42.7 Å². The fourth-order valence-electron chi connectivity index (χ4n) is 3.05. The minimum atomic E-state index is 0.0200. The third-order valence-corrected chi connectivity index (χ3v) is 5.04. The molecule has 25 heavy (non-hydrogen) atoms. The van der Waals surface area contributed by atoms with Gasteiger partial charge in [0.15, 0.2) is 0 Å². The summed E-state index contributed by atoms with van der Waals surface area (Å²) in [6, 6.07) is 17.1. The van der Waals surface area contributed by atoms with Crippen LogP contribution in [0.15, 0.2) is 65.4 Å². The highest BCUT2D eigenvalue weighted by molar-refractivity contribution is 9.10. The molecule has 2 aromatic carbocycles. The lowest BCUT2D eigenvalue weighted by Crippen LogP contribution is -2.20. The van der Waals surface area contributed by atoms with Crippen molar-refractivity contribution in [2.45, 2.75) is 25.8 Å². The molecule has 0 bridgehead atoms. The molecule has 3 aromatic rings. The Bertz CT molecular complexity index is 908. The van der Waals surface area contributed by atoms with Crippen LogP contribution in [0.4, 0.5) is 5.95 Å². The van der Waals surface area contributed by atoms with Crippen LogP contribution < -0.4 is 5.32 Å². The van der Waals surface area contributed by atoms with E-state index in [1.54, 1.807) is 6.33 Å². The zero-order valence-corrected chi connectivity index (χ0v) is 15.7. The van der Waals surface area contributed by atoms with Crippen LogP contribution in [0, 0.1) is 0 Å². The molecule has 0 fully saturated rings. The van der Waals surface area contributed by atoms with Gasteiger partial charge in [-0.3, -0.25) is 0 Å². The SMILES string of the molecule is CC(C)c1ccc(C2=C[C@H](c3ccc(Br)cc3)n3ncnc3N2)cc1. The highest BCUT2D eigenvalue weighted by Crippen LogP contribution is 2.32. The van der Waals surface area contributed by atoms with Crippen LogP contribution in [0.25, 0.3) is 5.70 Å². The molecule has 1 aliphatic rings. The van der Waals surface area contributed by atoms with Gasteiger partial charge in [0, 0.05) is 10.2 Å². The van der Waals surface area contributed by atoms with Crippen molar-refractivity contribution in [3.05, 3.63) is 82.1 Å². The van der Waals surface area contributed by atoms with E-state index >= 15 is 0 Å². The first kappa shape index (κ1) is 16.1. The Labute approximate surface area is 155 Å². The van der Waals surface area contributed by atoms with Crippen molar-refractivity contribution >= 4 is 27.6 Å². The van der Waals surface area contributed by atoms with Crippen molar-refractivity contribution in [2.24, 2.45) is 0 Å². The van der Waals surface area contributed by atoms with Crippen molar-refractivity contribution < 1.29 is 0 Å². The fourth-order valence-corrected chi connectivity index (χ4v) is 3.31. The molecule has 126 valence electrons. The summed E-state index contributed by atoms with van der Waals surface area (Å²) in [6.07, 6.45) is 3.79. The van der Waals surface area contributed by atoms with Crippen LogP contribution in [-0.4, -0.2) is 14.8 Å². The zero-order valence-electron chi connectivity index (χ0n) is 14.1. The summed E-state index contributed by atoms with van der Waals surface area (Å²) in [4.78, 5) is 4.36. The van der Waals surface area contributed by atoms with Crippen LogP contribution in [0.2, 0.25) is 0 Å². The number of aromatic nitrogens is 3. The molecule has 0 saturated heterocycles. The van der Waals surface area contributed by atoms with Gasteiger partial charge < -0.3 is 5.32 Å². The van der Waals surface area contributed by atoms with Gasteiger partial charge in [0.1, 0.15) is 12.4 Å². The third kappa shape index (κ3) is 3.12. The second-order valence-electron chi connectivity index (χ2n) is 6.51. The van der Waals surface area contributed by atoms with E-state index in [1.165, 1.54) is 11.1 Å². The number of halogens is 1. The lowest BCUT2D eigenvalue weighted by molar-refractivity contribution is 0.612.